The minimum Gasteiger partial charge on any atom is -0.354 e. The van der Waals surface area contributed by atoms with E-state index < -0.39 is 6.04 Å². The number of aromatic nitrogens is 1. The van der Waals surface area contributed by atoms with E-state index in [2.05, 4.69) is 38.2 Å². The largest absolute Gasteiger partial charge is 0.354 e. The predicted octanol–water partition coefficient (Wildman–Crippen LogP) is 2.26. The van der Waals surface area contributed by atoms with Crippen molar-refractivity contribution in [1.82, 2.24) is 20.9 Å². The van der Waals surface area contributed by atoms with Crippen LogP contribution in [0.5, 0.6) is 0 Å². The summed E-state index contributed by atoms with van der Waals surface area (Å²) in [6.07, 6.45) is 4.12. The highest BCUT2D eigenvalue weighted by Crippen LogP contribution is 2.19. The number of rotatable bonds is 10. The number of hydrogen-bond donors (Lipinski definition) is 4. The van der Waals surface area contributed by atoms with Gasteiger partial charge in [0.25, 0.3) is 0 Å². The van der Waals surface area contributed by atoms with E-state index in [1.54, 1.807) is 18.3 Å². The summed E-state index contributed by atoms with van der Waals surface area (Å²) in [5.74, 6) is 2.36. The average molecular weight is 460 g/mol. The molecule has 2 amide bonds. The zero-order valence-corrected chi connectivity index (χ0v) is 18.6. The Morgan fingerprint density at radius 1 is 1.34 bits per heavy atom. The standard InChI is InChI=1S/C15H22FN3O2.C8H5ClN2/c1-2-17-8-3-9-18-15(21)14(19-11-20)10-12-4-6-13(16)7-5-12;9-8-4-6-2-1-3-10-7(6)5-11-8/h4-7,11,14,17H,2-3,8-10H2,1H3,(H,18,21)(H,19,20);4-5,10H,2H2/t14-;/m0./s1. The number of carbonyl (C=O) groups excluding carboxylic acids is 2. The second-order valence-electron chi connectivity index (χ2n) is 6.93. The Labute approximate surface area is 192 Å². The van der Waals surface area contributed by atoms with Crippen molar-refractivity contribution in [2.24, 2.45) is 0 Å². The summed E-state index contributed by atoms with van der Waals surface area (Å²) < 4.78 is 12.8. The third kappa shape index (κ3) is 8.92. The van der Waals surface area contributed by atoms with Crippen LogP contribution in [0.4, 0.5) is 10.1 Å². The van der Waals surface area contributed by atoms with Crippen molar-refractivity contribution in [3.05, 3.63) is 58.6 Å². The van der Waals surface area contributed by atoms with E-state index in [1.807, 2.05) is 13.0 Å². The number of amides is 2. The van der Waals surface area contributed by atoms with Gasteiger partial charge in [0, 0.05) is 25.4 Å². The molecule has 4 N–H and O–H groups in total. The number of benzene rings is 1. The topological polar surface area (TPSA) is 95.1 Å². The van der Waals surface area contributed by atoms with Gasteiger partial charge in [-0.25, -0.2) is 9.37 Å². The van der Waals surface area contributed by atoms with Crippen LogP contribution in [0.3, 0.4) is 0 Å². The molecule has 0 bridgehead atoms. The quantitative estimate of drug-likeness (QED) is 0.189. The van der Waals surface area contributed by atoms with Crippen LogP contribution in [0.15, 0.2) is 36.5 Å². The van der Waals surface area contributed by atoms with Gasteiger partial charge >= 0.3 is 0 Å². The van der Waals surface area contributed by atoms with Crippen molar-refractivity contribution in [1.29, 1.82) is 0 Å². The number of nitrogens with zero attached hydrogens (tertiary/aromatic N) is 1. The van der Waals surface area contributed by atoms with Crippen molar-refractivity contribution in [2.45, 2.75) is 32.2 Å². The Morgan fingerprint density at radius 3 is 2.84 bits per heavy atom. The molecule has 0 fully saturated rings. The van der Waals surface area contributed by atoms with Crippen molar-refractivity contribution in [2.75, 3.05) is 25.0 Å². The van der Waals surface area contributed by atoms with E-state index in [9.17, 15) is 14.0 Å². The van der Waals surface area contributed by atoms with Crippen LogP contribution in [0.2, 0.25) is 5.15 Å². The molecular formula is C23H27ClFN5O2. The zero-order valence-electron chi connectivity index (χ0n) is 17.9. The van der Waals surface area contributed by atoms with Gasteiger partial charge in [-0.2, -0.15) is 0 Å². The maximum Gasteiger partial charge on any atom is 0.242 e. The summed E-state index contributed by atoms with van der Waals surface area (Å²) in [5.41, 5.74) is 2.87. The number of halogens is 2. The molecule has 7 nitrogen and oxygen atoms in total. The molecule has 1 aromatic carbocycles. The van der Waals surface area contributed by atoms with Crippen LogP contribution < -0.4 is 21.3 Å². The Hall–Kier alpha value is -3.15. The molecule has 2 aromatic rings. The predicted molar refractivity (Wildman–Crippen MR) is 124 cm³/mol. The van der Waals surface area contributed by atoms with E-state index in [1.165, 1.54) is 12.1 Å². The highest BCUT2D eigenvalue weighted by atomic mass is 35.5. The van der Waals surface area contributed by atoms with Gasteiger partial charge in [-0.1, -0.05) is 36.6 Å². The lowest BCUT2D eigenvalue weighted by atomic mass is 10.1. The monoisotopic (exact) mass is 459 g/mol. The van der Waals surface area contributed by atoms with Gasteiger partial charge < -0.3 is 21.3 Å². The molecule has 0 saturated carbocycles. The molecule has 1 atom stereocenters. The minimum absolute atomic E-state index is 0.233. The first-order valence-electron chi connectivity index (χ1n) is 10.3. The summed E-state index contributed by atoms with van der Waals surface area (Å²) in [5, 5.41) is 11.9. The molecular weight excluding hydrogens is 433 g/mol. The Bertz CT molecular complexity index is 944. The lowest BCUT2D eigenvalue weighted by Gasteiger charge is -2.16. The summed E-state index contributed by atoms with van der Waals surface area (Å²) in [6.45, 7) is 4.30. The number of fused-ring (bicyclic) bond motifs is 1. The number of nitrogens with one attached hydrogen (secondary N) is 4. The molecule has 32 heavy (non-hydrogen) atoms. The van der Waals surface area contributed by atoms with Gasteiger partial charge in [0.05, 0.1) is 11.9 Å². The van der Waals surface area contributed by atoms with Gasteiger partial charge in [0.2, 0.25) is 12.3 Å². The fraction of sp³-hybridized carbons (Fsp3) is 0.348. The molecule has 2 heterocycles. The number of anilines is 1. The molecule has 1 aliphatic rings. The average Bonchev–Trinajstić information content (AvgIpc) is 2.80. The second-order valence-corrected chi connectivity index (χ2v) is 7.32. The number of pyridine rings is 1. The maximum absolute atomic E-state index is 12.8. The maximum atomic E-state index is 12.8. The van der Waals surface area contributed by atoms with Crippen LogP contribution in [0.1, 0.15) is 24.5 Å². The van der Waals surface area contributed by atoms with E-state index in [4.69, 9.17) is 11.6 Å². The smallest absolute Gasteiger partial charge is 0.242 e. The van der Waals surface area contributed by atoms with E-state index in [0.717, 1.165) is 42.7 Å². The van der Waals surface area contributed by atoms with Gasteiger partial charge in [0.1, 0.15) is 17.0 Å². The van der Waals surface area contributed by atoms with Crippen LogP contribution in [0, 0.1) is 17.8 Å². The molecule has 3 rings (SSSR count). The first kappa shape index (κ1) is 25.1. The minimum atomic E-state index is -0.646. The van der Waals surface area contributed by atoms with Gasteiger partial charge in [-0.3, -0.25) is 9.59 Å². The second kappa shape index (κ2) is 14.0. The highest BCUT2D eigenvalue weighted by molar-refractivity contribution is 6.29. The molecule has 0 saturated heterocycles. The summed E-state index contributed by atoms with van der Waals surface area (Å²) >= 11 is 5.69. The summed E-state index contributed by atoms with van der Waals surface area (Å²) in [6, 6.07) is 9.84. The fourth-order valence-corrected chi connectivity index (χ4v) is 3.05. The lowest BCUT2D eigenvalue weighted by Crippen LogP contribution is -2.45. The SMILES string of the molecule is CCNCCCNC(=O)[C@H](Cc1ccc(F)cc1)NC=O.Clc1cc2c(cn1)NC#CC2. The third-order valence-electron chi connectivity index (χ3n) is 4.54. The normalized spacial score (nSPS) is 12.0. The first-order chi connectivity index (χ1) is 15.5. The van der Waals surface area contributed by atoms with Crippen molar-refractivity contribution >= 4 is 29.6 Å². The van der Waals surface area contributed by atoms with Crippen LogP contribution in [-0.2, 0) is 22.4 Å². The van der Waals surface area contributed by atoms with Crippen LogP contribution in [0.25, 0.3) is 0 Å². The zero-order chi connectivity index (χ0) is 23.2. The fourth-order valence-electron chi connectivity index (χ4n) is 2.87. The van der Waals surface area contributed by atoms with E-state index >= 15 is 0 Å². The van der Waals surface area contributed by atoms with Gasteiger partial charge in [0.15, 0.2) is 0 Å². The Balaban J connectivity index is 0.000000273. The van der Waals surface area contributed by atoms with Crippen molar-refractivity contribution in [3.8, 4) is 12.0 Å². The summed E-state index contributed by atoms with van der Waals surface area (Å²) in [7, 11) is 0. The highest BCUT2D eigenvalue weighted by Gasteiger charge is 2.17. The van der Waals surface area contributed by atoms with Gasteiger partial charge in [-0.05, 0) is 48.8 Å². The Morgan fingerprint density at radius 2 is 2.12 bits per heavy atom. The molecule has 0 unspecified atom stereocenters. The van der Waals surface area contributed by atoms with Crippen LogP contribution >= 0.6 is 11.6 Å². The molecule has 0 aliphatic carbocycles. The molecule has 170 valence electrons. The van der Waals surface area contributed by atoms with E-state index in [-0.39, 0.29) is 11.7 Å². The van der Waals surface area contributed by atoms with Crippen LogP contribution in [-0.4, -0.2) is 43.0 Å². The van der Waals surface area contributed by atoms with Crippen molar-refractivity contribution in [3.63, 3.8) is 0 Å². The lowest BCUT2D eigenvalue weighted by molar-refractivity contribution is -0.125. The number of carbonyl (C=O) groups is 2. The first-order valence-corrected chi connectivity index (χ1v) is 10.7. The molecule has 9 heteroatoms. The summed E-state index contributed by atoms with van der Waals surface area (Å²) in [4.78, 5) is 26.6. The molecule has 1 aliphatic heterocycles. The molecule has 0 spiro atoms. The van der Waals surface area contributed by atoms with Gasteiger partial charge in [-0.15, -0.1) is 0 Å². The molecule has 1 aromatic heterocycles. The number of hydrogen-bond acceptors (Lipinski definition) is 5. The Kier molecular flexibility index (Phi) is 11.0. The van der Waals surface area contributed by atoms with Crippen molar-refractivity contribution < 1.29 is 14.0 Å². The van der Waals surface area contributed by atoms with E-state index in [0.29, 0.717) is 24.5 Å². The third-order valence-corrected chi connectivity index (χ3v) is 4.75. The molecule has 0 radical (unpaired) electrons.